The predicted molar refractivity (Wildman–Crippen MR) is 123 cm³/mol. The lowest BCUT2D eigenvalue weighted by Crippen LogP contribution is -2.33. The summed E-state index contributed by atoms with van der Waals surface area (Å²) in [5, 5.41) is 9.63. The number of aryl methyl sites for hydroxylation is 1. The Morgan fingerprint density at radius 1 is 1.31 bits per heavy atom. The second-order valence-corrected chi connectivity index (χ2v) is 8.87. The number of anilines is 1. The van der Waals surface area contributed by atoms with Crippen molar-refractivity contribution in [3.63, 3.8) is 0 Å². The van der Waals surface area contributed by atoms with Gasteiger partial charge in [0.05, 0.1) is 7.11 Å². The van der Waals surface area contributed by atoms with Crippen molar-refractivity contribution in [3.8, 4) is 11.4 Å². The normalized spacial score (nSPS) is 13.8. The van der Waals surface area contributed by atoms with E-state index in [9.17, 15) is 4.79 Å². The number of thiophene rings is 1. The first-order valence-electron chi connectivity index (χ1n) is 10.5. The van der Waals surface area contributed by atoms with Crippen LogP contribution >= 0.6 is 11.3 Å². The van der Waals surface area contributed by atoms with E-state index in [4.69, 9.17) is 9.26 Å². The molecule has 0 aliphatic carbocycles. The summed E-state index contributed by atoms with van der Waals surface area (Å²) in [7, 11) is 1.42. The van der Waals surface area contributed by atoms with Gasteiger partial charge in [-0.1, -0.05) is 17.3 Å². The Balaban J connectivity index is 1.26. The quantitative estimate of drug-likeness (QED) is 0.443. The second-order valence-electron chi connectivity index (χ2n) is 7.74. The maximum absolute atomic E-state index is 11.8. The minimum atomic E-state index is -0.255. The smallest absolute Gasteiger partial charge is 0.348 e. The fraction of sp³-hybridized carbons (Fsp3) is 0.304. The third kappa shape index (κ3) is 4.09. The van der Waals surface area contributed by atoms with Crippen LogP contribution in [0, 0.1) is 6.92 Å². The van der Waals surface area contributed by atoms with Crippen LogP contribution in [0.3, 0.4) is 0 Å². The van der Waals surface area contributed by atoms with Crippen molar-refractivity contribution in [1.29, 1.82) is 0 Å². The number of fused-ring (bicyclic) bond motifs is 2. The Hall–Kier alpha value is -3.30. The number of carbonyl (C=O) groups is 1. The zero-order valence-electron chi connectivity index (χ0n) is 17.9. The van der Waals surface area contributed by atoms with Crippen LogP contribution in [0.2, 0.25) is 0 Å². The van der Waals surface area contributed by atoms with E-state index in [1.165, 1.54) is 28.9 Å². The zero-order valence-corrected chi connectivity index (χ0v) is 18.7. The molecule has 1 N–H and O–H groups in total. The fourth-order valence-corrected chi connectivity index (χ4v) is 5.13. The molecule has 0 atom stereocenters. The summed E-state index contributed by atoms with van der Waals surface area (Å²) in [6, 6.07) is 10.1. The number of aromatic nitrogens is 3. The van der Waals surface area contributed by atoms with Crippen LogP contribution in [0.5, 0.6) is 0 Å². The van der Waals surface area contributed by atoms with Crippen molar-refractivity contribution < 1.29 is 14.1 Å². The van der Waals surface area contributed by atoms with Gasteiger partial charge in [0.2, 0.25) is 11.7 Å². The number of benzene rings is 1. The number of nitrogens with one attached hydrogen (secondary N) is 1. The van der Waals surface area contributed by atoms with E-state index < -0.39 is 0 Å². The summed E-state index contributed by atoms with van der Waals surface area (Å²) in [6.45, 7) is 5.25. The molecule has 1 aromatic carbocycles. The third-order valence-electron chi connectivity index (χ3n) is 5.62. The van der Waals surface area contributed by atoms with Crippen LogP contribution in [0.25, 0.3) is 22.2 Å². The number of carbonyl (C=O) groups excluding carboxylic acids is 1. The molecule has 4 heterocycles. The van der Waals surface area contributed by atoms with Crippen LogP contribution in [0.15, 0.2) is 41.1 Å². The molecule has 0 spiro atoms. The highest BCUT2D eigenvalue weighted by Gasteiger charge is 2.21. The fourth-order valence-electron chi connectivity index (χ4n) is 3.96. The Labute approximate surface area is 189 Å². The molecule has 4 aromatic rings. The average molecular weight is 450 g/mol. The molecular formula is C23H23N5O3S. The lowest BCUT2D eigenvalue weighted by molar-refractivity contribution is 0.0606. The van der Waals surface area contributed by atoms with Crippen LogP contribution < -0.4 is 5.32 Å². The number of ether oxygens (including phenoxy) is 1. The number of methoxy groups -OCH3 is 1. The van der Waals surface area contributed by atoms with Gasteiger partial charge in [0, 0.05) is 55.1 Å². The van der Waals surface area contributed by atoms with Gasteiger partial charge in [0.15, 0.2) is 0 Å². The highest BCUT2D eigenvalue weighted by atomic mass is 32.1. The van der Waals surface area contributed by atoms with Crippen LogP contribution in [0.4, 0.5) is 5.82 Å². The summed E-state index contributed by atoms with van der Waals surface area (Å²) in [5.41, 5.74) is 2.16. The van der Waals surface area contributed by atoms with Crippen molar-refractivity contribution in [3.05, 3.63) is 57.7 Å². The van der Waals surface area contributed by atoms with Gasteiger partial charge in [-0.25, -0.2) is 9.78 Å². The van der Waals surface area contributed by atoms with Gasteiger partial charge < -0.3 is 14.6 Å². The summed E-state index contributed by atoms with van der Waals surface area (Å²) in [4.78, 5) is 25.0. The SMILES string of the molecule is COC(=O)c1cc2c(s1)CN(CCNc1nccc3ccc(-c4noc(C)n4)cc13)CC2. The third-order valence-corrected chi connectivity index (χ3v) is 6.76. The van der Waals surface area contributed by atoms with Crippen molar-refractivity contribution in [2.45, 2.75) is 19.9 Å². The molecule has 3 aromatic heterocycles. The van der Waals surface area contributed by atoms with E-state index in [1.54, 1.807) is 6.92 Å². The van der Waals surface area contributed by atoms with Crippen LogP contribution in [-0.2, 0) is 17.7 Å². The maximum atomic E-state index is 11.8. The van der Waals surface area contributed by atoms with Crippen LogP contribution in [0.1, 0.15) is 26.0 Å². The molecule has 0 amide bonds. The molecule has 1 aliphatic heterocycles. The lowest BCUT2D eigenvalue weighted by Gasteiger charge is -2.26. The van der Waals surface area contributed by atoms with Crippen molar-refractivity contribution in [1.82, 2.24) is 20.0 Å². The Morgan fingerprint density at radius 2 is 2.22 bits per heavy atom. The molecule has 0 fully saturated rings. The van der Waals surface area contributed by atoms with E-state index >= 15 is 0 Å². The second kappa shape index (κ2) is 8.68. The number of pyridine rings is 1. The van der Waals surface area contributed by atoms with Crippen LogP contribution in [-0.4, -0.2) is 52.7 Å². The Morgan fingerprint density at radius 3 is 3.03 bits per heavy atom. The van der Waals surface area contributed by atoms with E-state index in [1.807, 2.05) is 36.5 Å². The van der Waals surface area contributed by atoms with Gasteiger partial charge in [-0.05, 0) is 35.6 Å². The highest BCUT2D eigenvalue weighted by Crippen LogP contribution is 2.29. The van der Waals surface area contributed by atoms with Crippen molar-refractivity contribution in [2.24, 2.45) is 0 Å². The molecule has 9 heteroatoms. The summed E-state index contributed by atoms with van der Waals surface area (Å²) < 4.78 is 9.97. The molecule has 164 valence electrons. The molecule has 8 nitrogen and oxygen atoms in total. The first-order chi connectivity index (χ1) is 15.6. The van der Waals surface area contributed by atoms with E-state index in [0.29, 0.717) is 16.6 Å². The number of hydrogen-bond donors (Lipinski definition) is 1. The molecule has 0 saturated carbocycles. The summed E-state index contributed by atoms with van der Waals surface area (Å²) >= 11 is 1.54. The standard InChI is InChI=1S/C23H23N5O3S/c1-14-26-21(27-31-14)17-4-3-15-5-7-24-22(18(15)11-17)25-8-10-28-9-6-16-12-19(23(29)30-2)32-20(16)13-28/h3-5,7,11-12H,6,8-10,13H2,1-2H3,(H,24,25). The van der Waals surface area contributed by atoms with Gasteiger partial charge in [0.1, 0.15) is 10.7 Å². The van der Waals surface area contributed by atoms with E-state index in [-0.39, 0.29) is 5.97 Å². The summed E-state index contributed by atoms with van der Waals surface area (Å²) in [5.74, 6) is 1.70. The van der Waals surface area contributed by atoms with Gasteiger partial charge >= 0.3 is 5.97 Å². The number of nitrogens with zero attached hydrogens (tertiary/aromatic N) is 4. The Kier molecular flexibility index (Phi) is 5.59. The van der Waals surface area contributed by atoms with E-state index in [2.05, 4.69) is 25.3 Å². The molecular weight excluding hydrogens is 426 g/mol. The van der Waals surface area contributed by atoms with Gasteiger partial charge in [0.25, 0.3) is 0 Å². The Bertz CT molecular complexity index is 1280. The largest absolute Gasteiger partial charge is 0.465 e. The molecule has 32 heavy (non-hydrogen) atoms. The molecule has 0 unspecified atom stereocenters. The number of esters is 1. The minimum Gasteiger partial charge on any atom is -0.465 e. The van der Waals surface area contributed by atoms with Gasteiger partial charge in [-0.3, -0.25) is 4.90 Å². The van der Waals surface area contributed by atoms with Gasteiger partial charge in [-0.2, -0.15) is 4.98 Å². The number of rotatable bonds is 6. The molecule has 0 radical (unpaired) electrons. The summed E-state index contributed by atoms with van der Waals surface area (Å²) in [6.07, 6.45) is 2.76. The zero-order chi connectivity index (χ0) is 22.1. The monoisotopic (exact) mass is 449 g/mol. The van der Waals surface area contributed by atoms with Crippen molar-refractivity contribution >= 4 is 33.9 Å². The van der Waals surface area contributed by atoms with E-state index in [0.717, 1.165) is 54.8 Å². The predicted octanol–water partition coefficient (Wildman–Crippen LogP) is 3.91. The topological polar surface area (TPSA) is 93.4 Å². The van der Waals surface area contributed by atoms with Gasteiger partial charge in [-0.15, -0.1) is 11.3 Å². The minimum absolute atomic E-state index is 0.255. The first-order valence-corrected chi connectivity index (χ1v) is 11.3. The molecule has 0 bridgehead atoms. The number of hydrogen-bond acceptors (Lipinski definition) is 9. The molecule has 0 saturated heterocycles. The average Bonchev–Trinajstić information content (AvgIpc) is 3.44. The van der Waals surface area contributed by atoms with Crippen molar-refractivity contribution in [2.75, 3.05) is 32.1 Å². The highest BCUT2D eigenvalue weighted by molar-refractivity contribution is 7.14. The molecule has 1 aliphatic rings. The first kappa shape index (κ1) is 20.6. The maximum Gasteiger partial charge on any atom is 0.348 e. The lowest BCUT2D eigenvalue weighted by atomic mass is 10.1. The molecule has 5 rings (SSSR count).